The number of carbonyl (C=O) groups is 1. The van der Waals surface area contributed by atoms with Crippen LogP contribution in [0.25, 0.3) is 0 Å². The van der Waals surface area contributed by atoms with Gasteiger partial charge in [0.05, 0.1) is 11.6 Å². The molecule has 1 aliphatic heterocycles. The summed E-state index contributed by atoms with van der Waals surface area (Å²) in [5.74, 6) is -0.866. The van der Waals surface area contributed by atoms with Crippen molar-refractivity contribution in [3.8, 4) is 0 Å². The van der Waals surface area contributed by atoms with Crippen LogP contribution in [0.1, 0.15) is 0 Å². The van der Waals surface area contributed by atoms with Gasteiger partial charge in [-0.25, -0.2) is 4.79 Å². The van der Waals surface area contributed by atoms with Crippen molar-refractivity contribution in [3.63, 3.8) is 0 Å². The van der Waals surface area contributed by atoms with Gasteiger partial charge in [0, 0.05) is 13.2 Å². The number of likely N-dealkylation sites (N-methyl/N-ethyl adjacent to an activating group) is 1. The van der Waals surface area contributed by atoms with E-state index in [1.54, 1.807) is 12.3 Å². The summed E-state index contributed by atoms with van der Waals surface area (Å²) in [6.45, 7) is 0. The Hall–Kier alpha value is -1.77. The standard InChI is InChI=1S/C11H11NO2/c1-12-7-6-9(11(13)14)8-4-2-3-5-10(8)12/h2-7,10H,1H3,(H,13,14). The summed E-state index contributed by atoms with van der Waals surface area (Å²) in [6.07, 6.45) is 11.1. The zero-order valence-electron chi connectivity index (χ0n) is 7.84. The fourth-order valence-electron chi connectivity index (χ4n) is 1.71. The first kappa shape index (κ1) is 8.81. The Morgan fingerprint density at radius 3 is 2.93 bits per heavy atom. The van der Waals surface area contributed by atoms with Crippen molar-refractivity contribution in [3.05, 3.63) is 47.7 Å². The highest BCUT2D eigenvalue weighted by Crippen LogP contribution is 2.25. The third-order valence-electron chi connectivity index (χ3n) is 2.46. The normalized spacial score (nSPS) is 24.1. The van der Waals surface area contributed by atoms with Crippen molar-refractivity contribution in [2.24, 2.45) is 0 Å². The molecule has 0 spiro atoms. The summed E-state index contributed by atoms with van der Waals surface area (Å²) >= 11 is 0. The van der Waals surface area contributed by atoms with E-state index in [4.69, 9.17) is 5.11 Å². The Kier molecular flexibility index (Phi) is 2.00. The van der Waals surface area contributed by atoms with Gasteiger partial charge in [0.2, 0.25) is 0 Å². The van der Waals surface area contributed by atoms with E-state index in [-0.39, 0.29) is 6.04 Å². The summed E-state index contributed by atoms with van der Waals surface area (Å²) in [6, 6.07) is 0.0658. The molecule has 72 valence electrons. The summed E-state index contributed by atoms with van der Waals surface area (Å²) in [7, 11) is 1.93. The van der Waals surface area contributed by atoms with Gasteiger partial charge in [-0.15, -0.1) is 0 Å². The maximum Gasteiger partial charge on any atom is 0.336 e. The Labute approximate surface area is 82.3 Å². The fraction of sp³-hybridized carbons (Fsp3) is 0.182. The largest absolute Gasteiger partial charge is 0.478 e. The maximum atomic E-state index is 10.9. The molecule has 0 amide bonds. The SMILES string of the molecule is CN1C=CC(C(=O)O)=C2C=CC=CC21. The van der Waals surface area contributed by atoms with E-state index in [2.05, 4.69) is 0 Å². The minimum absolute atomic E-state index is 0.0658. The number of carboxylic acids is 1. The van der Waals surface area contributed by atoms with Gasteiger partial charge in [-0.2, -0.15) is 0 Å². The molecular weight excluding hydrogens is 178 g/mol. The van der Waals surface area contributed by atoms with E-state index in [1.807, 2.05) is 36.3 Å². The van der Waals surface area contributed by atoms with Gasteiger partial charge in [-0.1, -0.05) is 24.3 Å². The highest BCUT2D eigenvalue weighted by molar-refractivity contribution is 5.92. The predicted molar refractivity (Wildman–Crippen MR) is 53.6 cm³/mol. The molecule has 0 saturated carbocycles. The predicted octanol–water partition coefficient (Wildman–Crippen LogP) is 1.32. The number of carboxylic acid groups (broad SMARTS) is 1. The van der Waals surface area contributed by atoms with Crippen molar-refractivity contribution in [1.29, 1.82) is 0 Å². The van der Waals surface area contributed by atoms with E-state index < -0.39 is 5.97 Å². The Bertz CT molecular complexity index is 388. The minimum Gasteiger partial charge on any atom is -0.478 e. The van der Waals surface area contributed by atoms with Crippen LogP contribution in [-0.2, 0) is 4.79 Å². The van der Waals surface area contributed by atoms with Crippen LogP contribution in [0.5, 0.6) is 0 Å². The van der Waals surface area contributed by atoms with Gasteiger partial charge < -0.3 is 10.0 Å². The molecule has 2 rings (SSSR count). The first-order chi connectivity index (χ1) is 6.70. The number of hydrogen-bond acceptors (Lipinski definition) is 2. The smallest absolute Gasteiger partial charge is 0.336 e. The van der Waals surface area contributed by atoms with Gasteiger partial charge in [0.25, 0.3) is 0 Å². The van der Waals surface area contributed by atoms with Crippen LogP contribution in [0.4, 0.5) is 0 Å². The third-order valence-corrected chi connectivity index (χ3v) is 2.46. The van der Waals surface area contributed by atoms with Crippen LogP contribution in [0.15, 0.2) is 47.7 Å². The lowest BCUT2D eigenvalue weighted by molar-refractivity contribution is -0.132. The van der Waals surface area contributed by atoms with Crippen LogP contribution in [0.2, 0.25) is 0 Å². The first-order valence-corrected chi connectivity index (χ1v) is 4.42. The molecule has 3 heteroatoms. The number of fused-ring (bicyclic) bond motifs is 1. The van der Waals surface area contributed by atoms with E-state index in [0.717, 1.165) is 5.57 Å². The third kappa shape index (κ3) is 1.27. The molecule has 3 nitrogen and oxygen atoms in total. The number of hydrogen-bond donors (Lipinski definition) is 1. The van der Waals surface area contributed by atoms with E-state index in [9.17, 15) is 4.79 Å². The van der Waals surface area contributed by atoms with Gasteiger partial charge in [-0.05, 0) is 11.6 Å². The van der Waals surface area contributed by atoms with Crippen molar-refractivity contribution in [2.45, 2.75) is 6.04 Å². The first-order valence-electron chi connectivity index (χ1n) is 4.42. The lowest BCUT2D eigenvalue weighted by atomic mass is 9.93. The molecule has 0 aromatic rings. The van der Waals surface area contributed by atoms with Gasteiger partial charge in [-0.3, -0.25) is 0 Å². The van der Waals surface area contributed by atoms with Crippen molar-refractivity contribution in [1.82, 2.24) is 4.90 Å². The zero-order valence-corrected chi connectivity index (χ0v) is 7.84. The van der Waals surface area contributed by atoms with Crippen LogP contribution >= 0.6 is 0 Å². The number of aliphatic carboxylic acids is 1. The number of nitrogens with zero attached hydrogens (tertiary/aromatic N) is 1. The molecule has 0 aromatic heterocycles. The fourth-order valence-corrected chi connectivity index (χ4v) is 1.71. The second-order valence-electron chi connectivity index (χ2n) is 3.34. The number of rotatable bonds is 1. The van der Waals surface area contributed by atoms with Crippen LogP contribution in [0, 0.1) is 0 Å². The summed E-state index contributed by atoms with van der Waals surface area (Å²) in [4.78, 5) is 12.9. The minimum atomic E-state index is -0.866. The van der Waals surface area contributed by atoms with E-state index in [0.29, 0.717) is 5.57 Å². The number of allylic oxidation sites excluding steroid dienone is 2. The molecule has 1 unspecified atom stereocenters. The molecule has 14 heavy (non-hydrogen) atoms. The van der Waals surface area contributed by atoms with Crippen LogP contribution in [0.3, 0.4) is 0 Å². The molecular formula is C11H11NO2. The second kappa shape index (κ2) is 3.18. The summed E-state index contributed by atoms with van der Waals surface area (Å²) < 4.78 is 0. The Morgan fingerprint density at radius 2 is 2.21 bits per heavy atom. The van der Waals surface area contributed by atoms with Crippen molar-refractivity contribution in [2.75, 3.05) is 7.05 Å². The molecule has 0 saturated heterocycles. The molecule has 1 atom stereocenters. The Morgan fingerprint density at radius 1 is 1.43 bits per heavy atom. The monoisotopic (exact) mass is 189 g/mol. The molecule has 1 N–H and O–H groups in total. The van der Waals surface area contributed by atoms with Crippen molar-refractivity contribution < 1.29 is 9.90 Å². The van der Waals surface area contributed by atoms with Crippen LogP contribution < -0.4 is 0 Å². The summed E-state index contributed by atoms with van der Waals surface area (Å²) in [5, 5.41) is 8.98. The molecule has 1 aliphatic carbocycles. The van der Waals surface area contributed by atoms with Crippen LogP contribution in [-0.4, -0.2) is 29.1 Å². The molecule has 0 bridgehead atoms. The molecule has 0 aromatic carbocycles. The summed E-state index contributed by atoms with van der Waals surface area (Å²) in [5.41, 5.74) is 1.23. The van der Waals surface area contributed by atoms with E-state index >= 15 is 0 Å². The van der Waals surface area contributed by atoms with Gasteiger partial charge in [0.1, 0.15) is 0 Å². The average molecular weight is 189 g/mol. The topological polar surface area (TPSA) is 40.5 Å². The maximum absolute atomic E-state index is 10.9. The van der Waals surface area contributed by atoms with Crippen molar-refractivity contribution >= 4 is 5.97 Å². The lowest BCUT2D eigenvalue weighted by Crippen LogP contribution is -2.31. The Balaban J connectivity index is 2.49. The van der Waals surface area contributed by atoms with E-state index in [1.165, 1.54) is 0 Å². The highest BCUT2D eigenvalue weighted by Gasteiger charge is 2.23. The highest BCUT2D eigenvalue weighted by atomic mass is 16.4. The second-order valence-corrected chi connectivity index (χ2v) is 3.34. The zero-order chi connectivity index (χ0) is 10.1. The molecule has 1 heterocycles. The lowest BCUT2D eigenvalue weighted by Gasteiger charge is -2.30. The molecule has 0 radical (unpaired) electrons. The molecule has 2 aliphatic rings. The quantitative estimate of drug-likeness (QED) is 0.676. The average Bonchev–Trinajstić information content (AvgIpc) is 2.18. The van der Waals surface area contributed by atoms with Gasteiger partial charge >= 0.3 is 5.97 Å². The van der Waals surface area contributed by atoms with Gasteiger partial charge in [0.15, 0.2) is 0 Å². The molecule has 0 fully saturated rings.